The average molecular weight is 418 g/mol. The van der Waals surface area contributed by atoms with Gasteiger partial charge in [-0.15, -0.1) is 0 Å². The maximum atomic E-state index is 6.07. The number of piperidine rings is 1. The Kier molecular flexibility index (Phi) is 5.69. The van der Waals surface area contributed by atoms with Gasteiger partial charge >= 0.3 is 0 Å². The van der Waals surface area contributed by atoms with Crippen LogP contribution in [0.4, 0.5) is 0 Å². The van der Waals surface area contributed by atoms with E-state index in [0.29, 0.717) is 6.04 Å². The number of rotatable bonds is 7. The van der Waals surface area contributed by atoms with Gasteiger partial charge in [0.15, 0.2) is 0 Å². The molecule has 1 aliphatic rings. The Hall–Kier alpha value is -3.16. The minimum atomic E-state index is 0.468. The van der Waals surface area contributed by atoms with Crippen LogP contribution in [0.3, 0.4) is 0 Å². The lowest BCUT2D eigenvalue weighted by molar-refractivity contribution is 0.0586. The third-order valence-electron chi connectivity index (χ3n) is 5.87. The Bertz CT molecular complexity index is 1120. The lowest BCUT2D eigenvalue weighted by atomic mass is 10.0. The maximum Gasteiger partial charge on any atom is 0.129 e. The molecule has 7 nitrogen and oxygen atoms in total. The van der Waals surface area contributed by atoms with Gasteiger partial charge in [-0.25, -0.2) is 4.98 Å². The predicted molar refractivity (Wildman–Crippen MR) is 120 cm³/mol. The van der Waals surface area contributed by atoms with Crippen molar-refractivity contribution < 1.29 is 9.47 Å². The summed E-state index contributed by atoms with van der Waals surface area (Å²) in [7, 11) is 1.78. The van der Waals surface area contributed by atoms with Gasteiger partial charge in [0.05, 0.1) is 29.9 Å². The van der Waals surface area contributed by atoms with Crippen molar-refractivity contribution in [1.29, 1.82) is 0 Å². The highest BCUT2D eigenvalue weighted by atomic mass is 16.5. The molecule has 0 bridgehead atoms. The van der Waals surface area contributed by atoms with Crippen molar-refractivity contribution in [2.45, 2.75) is 31.8 Å². The molecule has 0 spiro atoms. The van der Waals surface area contributed by atoms with Crippen LogP contribution in [0.25, 0.3) is 22.3 Å². The van der Waals surface area contributed by atoms with Crippen LogP contribution >= 0.6 is 0 Å². The molecule has 0 amide bonds. The van der Waals surface area contributed by atoms with E-state index in [-0.39, 0.29) is 0 Å². The van der Waals surface area contributed by atoms with E-state index in [9.17, 15) is 0 Å². The second-order valence-electron chi connectivity index (χ2n) is 8.03. The smallest absolute Gasteiger partial charge is 0.129 e. The molecule has 3 heterocycles. The molecule has 1 fully saturated rings. The second-order valence-corrected chi connectivity index (χ2v) is 8.03. The zero-order valence-electron chi connectivity index (χ0n) is 17.7. The summed E-state index contributed by atoms with van der Waals surface area (Å²) in [5.74, 6) is 2.56. The van der Waals surface area contributed by atoms with E-state index in [2.05, 4.69) is 20.1 Å². The van der Waals surface area contributed by atoms with Crippen LogP contribution in [0, 0.1) is 0 Å². The number of likely N-dealkylation sites (tertiary alicyclic amines) is 1. The van der Waals surface area contributed by atoms with Crippen LogP contribution in [0.15, 0.2) is 54.7 Å². The molecule has 1 atom stereocenters. The Morgan fingerprint density at radius 2 is 1.94 bits per heavy atom. The molecule has 31 heavy (non-hydrogen) atoms. The van der Waals surface area contributed by atoms with Gasteiger partial charge in [-0.3, -0.25) is 10.00 Å². The fraction of sp³-hybridized carbons (Fsp3) is 0.333. The van der Waals surface area contributed by atoms with E-state index in [0.717, 1.165) is 59.3 Å². The number of hydrogen-bond acceptors (Lipinski definition) is 5. The third-order valence-corrected chi connectivity index (χ3v) is 5.87. The number of imidazole rings is 1. The van der Waals surface area contributed by atoms with E-state index in [1.165, 1.54) is 19.3 Å². The van der Waals surface area contributed by atoms with E-state index in [1.807, 2.05) is 48.5 Å². The van der Waals surface area contributed by atoms with Crippen molar-refractivity contribution >= 4 is 11.0 Å². The molecule has 0 aliphatic carbocycles. The number of aromatic nitrogens is 4. The van der Waals surface area contributed by atoms with Gasteiger partial charge in [0, 0.05) is 25.4 Å². The first-order valence-electron chi connectivity index (χ1n) is 10.8. The minimum Gasteiger partial charge on any atom is -0.457 e. The third kappa shape index (κ3) is 4.47. The quantitative estimate of drug-likeness (QED) is 0.454. The fourth-order valence-electron chi connectivity index (χ4n) is 4.28. The van der Waals surface area contributed by atoms with Crippen LogP contribution in [0.2, 0.25) is 0 Å². The summed E-state index contributed by atoms with van der Waals surface area (Å²) in [5, 5.41) is 6.97. The number of hydrogen-bond donors (Lipinski definition) is 2. The number of methoxy groups -OCH3 is 1. The van der Waals surface area contributed by atoms with Crippen molar-refractivity contribution in [2.75, 3.05) is 20.3 Å². The molecule has 0 radical (unpaired) electrons. The van der Waals surface area contributed by atoms with Gasteiger partial charge in [-0.1, -0.05) is 6.42 Å². The molecular weight excluding hydrogens is 390 g/mol. The zero-order valence-corrected chi connectivity index (χ0v) is 17.7. The van der Waals surface area contributed by atoms with Crippen molar-refractivity contribution in [3.05, 3.63) is 60.6 Å². The van der Waals surface area contributed by atoms with Gasteiger partial charge in [-0.05, 0) is 67.4 Å². The summed E-state index contributed by atoms with van der Waals surface area (Å²) >= 11 is 0. The van der Waals surface area contributed by atoms with E-state index < -0.39 is 0 Å². The highest BCUT2D eigenvalue weighted by molar-refractivity contribution is 5.77. The number of fused-ring (bicyclic) bond motifs is 1. The van der Waals surface area contributed by atoms with Gasteiger partial charge in [0.25, 0.3) is 0 Å². The predicted octanol–water partition coefficient (Wildman–Crippen LogP) is 4.75. The number of aromatic amines is 2. The standard InChI is InChI=1S/C24H27N5O2/c1-30-16-18-4-2-3-13-29(18)15-24-26-22-10-9-20(14-23(22)27-24)31-19-7-5-17(6-8-19)21-11-12-25-28-21/h5-12,14,18H,2-4,13,15-16H2,1H3,(H,25,28)(H,26,27). The lowest BCUT2D eigenvalue weighted by Crippen LogP contribution is -2.41. The first-order valence-corrected chi connectivity index (χ1v) is 10.8. The molecule has 2 aromatic heterocycles. The Morgan fingerprint density at radius 3 is 2.74 bits per heavy atom. The van der Waals surface area contributed by atoms with Crippen LogP contribution in [-0.2, 0) is 11.3 Å². The molecular formula is C24H27N5O2. The molecule has 1 aliphatic heterocycles. The Balaban J connectivity index is 1.29. The first kappa shape index (κ1) is 19.8. The van der Waals surface area contributed by atoms with Crippen molar-refractivity contribution in [3.63, 3.8) is 0 Å². The summed E-state index contributed by atoms with van der Waals surface area (Å²) in [6.45, 7) is 2.68. The lowest BCUT2D eigenvalue weighted by Gasteiger charge is -2.34. The summed E-state index contributed by atoms with van der Waals surface area (Å²) in [6, 6.07) is 16.4. The molecule has 0 saturated carbocycles. The van der Waals surface area contributed by atoms with Crippen LogP contribution in [-0.4, -0.2) is 51.4 Å². The van der Waals surface area contributed by atoms with Gasteiger partial charge in [-0.2, -0.15) is 5.10 Å². The number of nitrogens with zero attached hydrogens (tertiary/aromatic N) is 3. The van der Waals surface area contributed by atoms with E-state index >= 15 is 0 Å². The maximum absolute atomic E-state index is 6.07. The Morgan fingerprint density at radius 1 is 1.06 bits per heavy atom. The summed E-state index contributed by atoms with van der Waals surface area (Å²) in [5.41, 5.74) is 4.00. The van der Waals surface area contributed by atoms with Gasteiger partial charge < -0.3 is 14.5 Å². The Labute approximate surface area is 181 Å². The fourth-order valence-corrected chi connectivity index (χ4v) is 4.28. The van der Waals surface area contributed by atoms with Crippen LogP contribution in [0.1, 0.15) is 25.1 Å². The molecule has 5 rings (SSSR count). The molecule has 160 valence electrons. The van der Waals surface area contributed by atoms with Crippen LogP contribution < -0.4 is 4.74 Å². The SMILES string of the molecule is COCC1CCCCN1Cc1nc2ccc(Oc3ccc(-c4ccn[nH]4)cc3)cc2[nH]1. The zero-order chi connectivity index (χ0) is 21.0. The second kappa shape index (κ2) is 8.91. The van der Waals surface area contributed by atoms with Gasteiger partial charge in [0.2, 0.25) is 0 Å². The van der Waals surface area contributed by atoms with Gasteiger partial charge in [0.1, 0.15) is 17.3 Å². The monoisotopic (exact) mass is 417 g/mol. The summed E-state index contributed by atoms with van der Waals surface area (Å²) in [6.07, 6.45) is 5.44. The minimum absolute atomic E-state index is 0.468. The number of nitrogens with one attached hydrogen (secondary N) is 2. The molecule has 4 aromatic rings. The summed E-state index contributed by atoms with van der Waals surface area (Å²) < 4.78 is 11.5. The molecule has 1 saturated heterocycles. The molecule has 1 unspecified atom stereocenters. The number of H-pyrrole nitrogens is 2. The van der Waals surface area contributed by atoms with E-state index in [4.69, 9.17) is 14.5 Å². The molecule has 2 aromatic carbocycles. The molecule has 2 N–H and O–H groups in total. The first-order chi connectivity index (χ1) is 15.3. The van der Waals surface area contributed by atoms with E-state index in [1.54, 1.807) is 13.3 Å². The summed E-state index contributed by atoms with van der Waals surface area (Å²) in [4.78, 5) is 10.7. The highest BCUT2D eigenvalue weighted by Gasteiger charge is 2.23. The highest BCUT2D eigenvalue weighted by Crippen LogP contribution is 2.27. The van der Waals surface area contributed by atoms with Crippen LogP contribution in [0.5, 0.6) is 11.5 Å². The topological polar surface area (TPSA) is 79.1 Å². The number of benzene rings is 2. The van der Waals surface area contributed by atoms with Crippen molar-refractivity contribution in [3.8, 4) is 22.8 Å². The molecule has 7 heteroatoms. The normalized spacial score (nSPS) is 17.3. The van der Waals surface area contributed by atoms with Crippen molar-refractivity contribution in [1.82, 2.24) is 25.1 Å². The average Bonchev–Trinajstić information content (AvgIpc) is 3.45. The van der Waals surface area contributed by atoms with Crippen molar-refractivity contribution in [2.24, 2.45) is 0 Å². The largest absolute Gasteiger partial charge is 0.457 e. The number of ether oxygens (including phenoxy) is 2.